The number of hydrogen-bond acceptors (Lipinski definition) is 2. The number of aromatic nitrogens is 1. The Morgan fingerprint density at radius 2 is 2.29 bits per heavy atom. The SMILES string of the molecule is O=C1C2CCCC1c1ncccc1C2. The second-order valence-electron chi connectivity index (χ2n) is 4.33. The maximum atomic E-state index is 11.9. The van der Waals surface area contributed by atoms with E-state index < -0.39 is 0 Å². The molecule has 1 heterocycles. The quantitative estimate of drug-likeness (QED) is 0.622. The third kappa shape index (κ3) is 1.03. The molecule has 14 heavy (non-hydrogen) atoms. The van der Waals surface area contributed by atoms with Crippen LogP contribution in [0.2, 0.25) is 0 Å². The summed E-state index contributed by atoms with van der Waals surface area (Å²) in [6.45, 7) is 0. The van der Waals surface area contributed by atoms with Crippen LogP contribution in [0.4, 0.5) is 0 Å². The normalized spacial score (nSPS) is 29.9. The van der Waals surface area contributed by atoms with Gasteiger partial charge in [-0.3, -0.25) is 9.78 Å². The number of Topliss-reactive ketones (excluding diaryl/α,β-unsaturated/α-hetero) is 1. The molecule has 1 aromatic rings. The van der Waals surface area contributed by atoms with Crippen molar-refractivity contribution >= 4 is 5.78 Å². The highest BCUT2D eigenvalue weighted by molar-refractivity contribution is 5.90. The molecule has 72 valence electrons. The molecule has 1 fully saturated rings. The fourth-order valence-corrected chi connectivity index (χ4v) is 2.81. The van der Waals surface area contributed by atoms with Gasteiger partial charge in [-0.15, -0.1) is 0 Å². The topological polar surface area (TPSA) is 30.0 Å². The van der Waals surface area contributed by atoms with Crippen LogP contribution in [0.3, 0.4) is 0 Å². The van der Waals surface area contributed by atoms with Gasteiger partial charge in [0.25, 0.3) is 0 Å². The largest absolute Gasteiger partial charge is 0.299 e. The maximum absolute atomic E-state index is 11.9. The highest BCUT2D eigenvalue weighted by Crippen LogP contribution is 2.39. The van der Waals surface area contributed by atoms with Crippen LogP contribution in [0.5, 0.6) is 0 Å². The average Bonchev–Trinajstić information content (AvgIpc) is 2.18. The summed E-state index contributed by atoms with van der Waals surface area (Å²) in [5.74, 6) is 0.867. The van der Waals surface area contributed by atoms with Crippen molar-refractivity contribution in [2.75, 3.05) is 0 Å². The number of nitrogens with zero attached hydrogens (tertiary/aromatic N) is 1. The molecule has 2 aliphatic rings. The van der Waals surface area contributed by atoms with E-state index in [1.807, 2.05) is 6.07 Å². The first kappa shape index (κ1) is 8.16. The monoisotopic (exact) mass is 187 g/mol. The third-order valence-electron chi connectivity index (χ3n) is 3.51. The third-order valence-corrected chi connectivity index (χ3v) is 3.51. The van der Waals surface area contributed by atoms with E-state index in [-0.39, 0.29) is 5.92 Å². The Morgan fingerprint density at radius 1 is 1.36 bits per heavy atom. The molecule has 3 rings (SSSR count). The van der Waals surface area contributed by atoms with Crippen LogP contribution in [-0.2, 0) is 11.2 Å². The number of carbonyl (C=O) groups is 1. The van der Waals surface area contributed by atoms with Crippen LogP contribution in [0.15, 0.2) is 18.3 Å². The highest BCUT2D eigenvalue weighted by Gasteiger charge is 2.38. The van der Waals surface area contributed by atoms with Gasteiger partial charge in [0.2, 0.25) is 0 Å². The second kappa shape index (κ2) is 2.91. The Kier molecular flexibility index (Phi) is 1.69. The van der Waals surface area contributed by atoms with E-state index in [9.17, 15) is 4.79 Å². The predicted molar refractivity (Wildman–Crippen MR) is 53.0 cm³/mol. The van der Waals surface area contributed by atoms with Gasteiger partial charge >= 0.3 is 0 Å². The summed E-state index contributed by atoms with van der Waals surface area (Å²) in [6, 6.07) is 4.10. The van der Waals surface area contributed by atoms with Crippen LogP contribution in [0, 0.1) is 5.92 Å². The Labute approximate surface area is 83.4 Å². The van der Waals surface area contributed by atoms with Crippen molar-refractivity contribution in [1.82, 2.24) is 4.98 Å². The molecule has 0 radical (unpaired) electrons. The Balaban J connectivity index is 2.13. The van der Waals surface area contributed by atoms with Gasteiger partial charge in [-0.2, -0.15) is 0 Å². The molecule has 2 aliphatic carbocycles. The second-order valence-corrected chi connectivity index (χ2v) is 4.33. The summed E-state index contributed by atoms with van der Waals surface area (Å²) in [4.78, 5) is 16.3. The Bertz CT molecular complexity index is 386. The molecule has 1 aromatic heterocycles. The Hall–Kier alpha value is -1.18. The van der Waals surface area contributed by atoms with Gasteiger partial charge in [0, 0.05) is 12.1 Å². The molecular weight excluding hydrogens is 174 g/mol. The van der Waals surface area contributed by atoms with Gasteiger partial charge in [0.15, 0.2) is 0 Å². The fraction of sp³-hybridized carbons (Fsp3) is 0.500. The van der Waals surface area contributed by atoms with Crippen molar-refractivity contribution in [2.24, 2.45) is 5.92 Å². The number of rotatable bonds is 0. The van der Waals surface area contributed by atoms with Gasteiger partial charge in [0.05, 0.1) is 11.6 Å². The van der Waals surface area contributed by atoms with E-state index in [1.165, 1.54) is 12.0 Å². The lowest BCUT2D eigenvalue weighted by Crippen LogP contribution is -2.34. The number of pyridine rings is 1. The lowest BCUT2D eigenvalue weighted by molar-refractivity contribution is -0.127. The summed E-state index contributed by atoms with van der Waals surface area (Å²) in [5.41, 5.74) is 2.37. The molecule has 0 spiro atoms. The number of fused-ring (bicyclic) bond motifs is 4. The van der Waals surface area contributed by atoms with E-state index in [0.29, 0.717) is 11.7 Å². The number of carbonyl (C=O) groups excluding carboxylic acids is 1. The van der Waals surface area contributed by atoms with Crippen molar-refractivity contribution in [1.29, 1.82) is 0 Å². The molecule has 0 aliphatic heterocycles. The van der Waals surface area contributed by atoms with Crippen LogP contribution in [0.1, 0.15) is 36.4 Å². The molecule has 2 nitrogen and oxygen atoms in total. The van der Waals surface area contributed by atoms with E-state index >= 15 is 0 Å². The van der Waals surface area contributed by atoms with E-state index in [1.54, 1.807) is 6.20 Å². The molecule has 2 atom stereocenters. The minimum absolute atomic E-state index is 0.124. The van der Waals surface area contributed by atoms with Gasteiger partial charge in [-0.05, 0) is 30.9 Å². The predicted octanol–water partition coefficient (Wildman–Crippen LogP) is 2.09. The zero-order valence-corrected chi connectivity index (χ0v) is 8.07. The smallest absolute Gasteiger partial charge is 0.145 e. The van der Waals surface area contributed by atoms with Crippen LogP contribution < -0.4 is 0 Å². The first-order valence-electron chi connectivity index (χ1n) is 5.34. The first-order chi connectivity index (χ1) is 6.86. The zero-order chi connectivity index (χ0) is 9.54. The van der Waals surface area contributed by atoms with E-state index in [4.69, 9.17) is 0 Å². The molecule has 0 N–H and O–H groups in total. The maximum Gasteiger partial charge on any atom is 0.145 e. The van der Waals surface area contributed by atoms with Gasteiger partial charge in [0.1, 0.15) is 5.78 Å². The first-order valence-corrected chi connectivity index (χ1v) is 5.34. The summed E-state index contributed by atoms with van der Waals surface area (Å²) >= 11 is 0. The minimum Gasteiger partial charge on any atom is -0.299 e. The number of hydrogen-bond donors (Lipinski definition) is 0. The van der Waals surface area contributed by atoms with Crippen molar-refractivity contribution in [2.45, 2.75) is 31.6 Å². The van der Waals surface area contributed by atoms with Gasteiger partial charge < -0.3 is 0 Å². The molecule has 1 saturated carbocycles. The molecule has 2 bridgehead atoms. The zero-order valence-electron chi connectivity index (χ0n) is 8.07. The number of ketones is 1. The summed E-state index contributed by atoms with van der Waals surface area (Å²) in [6.07, 6.45) is 6.03. The fourth-order valence-electron chi connectivity index (χ4n) is 2.81. The molecule has 2 heteroatoms. The lowest BCUT2D eigenvalue weighted by Gasteiger charge is -2.33. The van der Waals surface area contributed by atoms with Crippen molar-refractivity contribution < 1.29 is 4.79 Å². The molecule has 0 saturated heterocycles. The molecule has 2 unspecified atom stereocenters. The van der Waals surface area contributed by atoms with E-state index in [0.717, 1.165) is 25.0 Å². The molecular formula is C12H13NO. The lowest BCUT2D eigenvalue weighted by atomic mass is 9.70. The van der Waals surface area contributed by atoms with Crippen molar-refractivity contribution in [3.05, 3.63) is 29.6 Å². The van der Waals surface area contributed by atoms with Gasteiger partial charge in [-0.25, -0.2) is 0 Å². The summed E-state index contributed by atoms with van der Waals surface area (Å²) in [7, 11) is 0. The van der Waals surface area contributed by atoms with Crippen LogP contribution in [0.25, 0.3) is 0 Å². The van der Waals surface area contributed by atoms with Crippen molar-refractivity contribution in [3.8, 4) is 0 Å². The van der Waals surface area contributed by atoms with Crippen LogP contribution >= 0.6 is 0 Å². The van der Waals surface area contributed by atoms with Crippen LogP contribution in [-0.4, -0.2) is 10.8 Å². The van der Waals surface area contributed by atoms with Gasteiger partial charge in [-0.1, -0.05) is 12.5 Å². The summed E-state index contributed by atoms with van der Waals surface area (Å²) < 4.78 is 0. The summed E-state index contributed by atoms with van der Waals surface area (Å²) in [5, 5.41) is 0. The molecule has 0 amide bonds. The highest BCUT2D eigenvalue weighted by atomic mass is 16.1. The minimum atomic E-state index is 0.124. The van der Waals surface area contributed by atoms with E-state index in [2.05, 4.69) is 11.1 Å². The Morgan fingerprint density at radius 3 is 3.21 bits per heavy atom. The average molecular weight is 187 g/mol. The molecule has 0 aromatic carbocycles. The standard InChI is InChI=1S/C12H13NO/c14-12-9-3-1-5-10(12)11-8(7-9)4-2-6-13-11/h2,4,6,9-10H,1,3,5,7H2. The van der Waals surface area contributed by atoms with Crippen molar-refractivity contribution in [3.63, 3.8) is 0 Å².